The molecule has 6 heteroatoms. The molecule has 1 aliphatic rings. The normalized spacial score (nSPS) is 49.2. The minimum absolute atomic E-state index is 1.03. The minimum Gasteiger partial charge on any atom is -0.387 e. The van der Waals surface area contributed by atoms with Gasteiger partial charge in [-0.3, -0.25) is 0 Å². The third-order valence-corrected chi connectivity index (χ3v) is 1.84. The van der Waals surface area contributed by atoms with E-state index in [1.165, 1.54) is 0 Å². The Hall–Kier alpha value is -0.270. The van der Waals surface area contributed by atoms with Crippen molar-refractivity contribution in [2.75, 3.05) is 6.67 Å². The van der Waals surface area contributed by atoms with Crippen LogP contribution in [-0.4, -0.2) is 57.8 Å². The summed E-state index contributed by atoms with van der Waals surface area (Å²) < 4.78 is 16.5. The first-order chi connectivity index (χ1) is 5.57. The van der Waals surface area contributed by atoms with Crippen LogP contribution in [0.15, 0.2) is 0 Å². The summed E-state index contributed by atoms with van der Waals surface area (Å²) >= 11 is 0. The van der Waals surface area contributed by atoms with Gasteiger partial charge in [0.25, 0.3) is 0 Å². The van der Waals surface area contributed by atoms with Gasteiger partial charge in [0.15, 0.2) is 6.29 Å². The van der Waals surface area contributed by atoms with Crippen LogP contribution >= 0.6 is 0 Å². The number of aliphatic hydroxyl groups is 4. The van der Waals surface area contributed by atoms with Gasteiger partial charge in [0, 0.05) is 0 Å². The average Bonchev–Trinajstić information content (AvgIpc) is 2.08. The van der Waals surface area contributed by atoms with Gasteiger partial charge in [-0.25, -0.2) is 4.39 Å². The molecule has 0 aromatic rings. The van der Waals surface area contributed by atoms with E-state index in [-0.39, 0.29) is 0 Å². The SMILES string of the molecule is OC1OC(C[18F])C(O)C(O)C1O. The summed E-state index contributed by atoms with van der Waals surface area (Å²) in [7, 11) is 0. The lowest BCUT2D eigenvalue weighted by Gasteiger charge is -2.37. The van der Waals surface area contributed by atoms with Gasteiger partial charge in [-0.15, -0.1) is 0 Å². The van der Waals surface area contributed by atoms with Crippen molar-refractivity contribution < 1.29 is 29.6 Å². The lowest BCUT2D eigenvalue weighted by atomic mass is 10.00. The fourth-order valence-corrected chi connectivity index (χ4v) is 1.06. The van der Waals surface area contributed by atoms with Gasteiger partial charge in [-0.2, -0.15) is 0 Å². The second-order valence-corrected chi connectivity index (χ2v) is 2.69. The van der Waals surface area contributed by atoms with Crippen LogP contribution in [0, 0.1) is 0 Å². The zero-order valence-electron chi connectivity index (χ0n) is 6.17. The van der Waals surface area contributed by atoms with E-state index in [0.29, 0.717) is 0 Å². The lowest BCUT2D eigenvalue weighted by Crippen LogP contribution is -2.58. The smallest absolute Gasteiger partial charge is 0.184 e. The van der Waals surface area contributed by atoms with Crippen LogP contribution in [-0.2, 0) is 4.74 Å². The van der Waals surface area contributed by atoms with Crippen LogP contribution in [0.2, 0.25) is 0 Å². The Morgan fingerprint density at radius 1 is 1.00 bits per heavy atom. The Labute approximate surface area is 68.0 Å². The van der Waals surface area contributed by atoms with Crippen molar-refractivity contribution >= 4 is 0 Å². The summed E-state index contributed by atoms with van der Waals surface area (Å²) in [5.74, 6) is 0. The standard InChI is InChI=1S/C6H11FO5/c7-1-2-3(8)4(9)5(10)6(11)12-2/h2-6,8-11H,1H2/i7-1. The number of aliphatic hydroxyl groups excluding tert-OH is 4. The van der Waals surface area contributed by atoms with Crippen molar-refractivity contribution in [1.82, 2.24) is 0 Å². The Morgan fingerprint density at radius 3 is 2.08 bits per heavy atom. The summed E-state index contributed by atoms with van der Waals surface area (Å²) in [5.41, 5.74) is 0. The van der Waals surface area contributed by atoms with Gasteiger partial charge in [-0.05, 0) is 0 Å². The quantitative estimate of drug-likeness (QED) is 0.367. The maximum atomic E-state index is 12.0. The minimum atomic E-state index is -1.65. The van der Waals surface area contributed by atoms with Gasteiger partial charge in [-0.1, -0.05) is 0 Å². The van der Waals surface area contributed by atoms with Gasteiger partial charge < -0.3 is 25.2 Å². The topological polar surface area (TPSA) is 90.2 Å². The van der Waals surface area contributed by atoms with Gasteiger partial charge in [0.1, 0.15) is 31.1 Å². The molecule has 1 heterocycles. The Balaban J connectivity index is 2.63. The van der Waals surface area contributed by atoms with E-state index < -0.39 is 37.4 Å². The number of halogens is 1. The summed E-state index contributed by atoms with van der Waals surface area (Å²) in [5, 5.41) is 35.8. The second-order valence-electron chi connectivity index (χ2n) is 2.69. The molecule has 0 amide bonds. The predicted molar refractivity (Wildman–Crippen MR) is 34.9 cm³/mol. The highest BCUT2D eigenvalue weighted by Gasteiger charge is 2.42. The number of ether oxygens (including phenoxy) is 1. The molecule has 1 rings (SSSR count). The number of rotatable bonds is 1. The molecule has 0 radical (unpaired) electrons. The molecule has 1 saturated heterocycles. The zero-order chi connectivity index (χ0) is 9.30. The molecule has 5 unspecified atom stereocenters. The van der Waals surface area contributed by atoms with E-state index in [1.807, 2.05) is 0 Å². The highest BCUT2D eigenvalue weighted by Crippen LogP contribution is 2.19. The molecule has 0 bridgehead atoms. The molecule has 0 aliphatic carbocycles. The largest absolute Gasteiger partial charge is 0.387 e. The molecule has 12 heavy (non-hydrogen) atoms. The van der Waals surface area contributed by atoms with Crippen molar-refractivity contribution in [3.63, 3.8) is 0 Å². The molecule has 72 valence electrons. The van der Waals surface area contributed by atoms with Crippen LogP contribution in [0.25, 0.3) is 0 Å². The Bertz CT molecular complexity index is 150. The third-order valence-electron chi connectivity index (χ3n) is 1.84. The van der Waals surface area contributed by atoms with Crippen molar-refractivity contribution in [2.45, 2.75) is 30.7 Å². The highest BCUT2D eigenvalue weighted by atomic mass is 18.2. The van der Waals surface area contributed by atoms with Crippen molar-refractivity contribution in [3.8, 4) is 0 Å². The second kappa shape index (κ2) is 3.63. The van der Waals surface area contributed by atoms with Crippen LogP contribution in [0.4, 0.5) is 4.39 Å². The molecule has 0 aromatic carbocycles. The average molecular weight is 181 g/mol. The molecule has 0 spiro atoms. The molecule has 5 atom stereocenters. The number of alkyl halides is 1. The third kappa shape index (κ3) is 1.57. The van der Waals surface area contributed by atoms with E-state index in [2.05, 4.69) is 4.74 Å². The molecule has 1 aliphatic heterocycles. The Morgan fingerprint density at radius 2 is 1.58 bits per heavy atom. The summed E-state index contributed by atoms with van der Waals surface area (Å²) in [6.07, 6.45) is -7.60. The maximum absolute atomic E-state index is 12.0. The molecule has 4 N–H and O–H groups in total. The molecule has 1 fully saturated rings. The first-order valence-corrected chi connectivity index (χ1v) is 3.51. The van der Waals surface area contributed by atoms with Crippen molar-refractivity contribution in [2.24, 2.45) is 0 Å². The van der Waals surface area contributed by atoms with E-state index in [0.717, 1.165) is 0 Å². The van der Waals surface area contributed by atoms with E-state index in [4.69, 9.17) is 20.4 Å². The van der Waals surface area contributed by atoms with E-state index in [9.17, 15) is 4.39 Å². The molecular weight excluding hydrogens is 170 g/mol. The van der Waals surface area contributed by atoms with Gasteiger partial charge >= 0.3 is 0 Å². The summed E-state index contributed by atoms with van der Waals surface area (Å²) in [6, 6.07) is 0. The first-order valence-electron chi connectivity index (χ1n) is 3.51. The number of hydrogen-bond acceptors (Lipinski definition) is 5. The van der Waals surface area contributed by atoms with Crippen LogP contribution < -0.4 is 0 Å². The van der Waals surface area contributed by atoms with E-state index in [1.54, 1.807) is 0 Å². The molecular formula is C6H11FO5. The fourth-order valence-electron chi connectivity index (χ4n) is 1.06. The maximum Gasteiger partial charge on any atom is 0.184 e. The van der Waals surface area contributed by atoms with Crippen LogP contribution in [0.3, 0.4) is 0 Å². The van der Waals surface area contributed by atoms with Crippen LogP contribution in [0.5, 0.6) is 0 Å². The fraction of sp³-hybridized carbons (Fsp3) is 1.00. The van der Waals surface area contributed by atoms with Crippen molar-refractivity contribution in [3.05, 3.63) is 0 Å². The predicted octanol–water partition coefficient (Wildman–Crippen LogP) is -2.24. The van der Waals surface area contributed by atoms with E-state index >= 15 is 0 Å². The van der Waals surface area contributed by atoms with Gasteiger partial charge in [0.05, 0.1) is 0 Å². The summed E-state index contributed by atoms with van der Waals surface area (Å²) in [6.45, 7) is -1.03. The summed E-state index contributed by atoms with van der Waals surface area (Å²) in [4.78, 5) is 0. The first kappa shape index (κ1) is 9.82. The monoisotopic (exact) mass is 181 g/mol. The molecule has 5 nitrogen and oxygen atoms in total. The van der Waals surface area contributed by atoms with Crippen molar-refractivity contribution in [1.29, 1.82) is 0 Å². The molecule has 0 saturated carbocycles. The lowest BCUT2D eigenvalue weighted by molar-refractivity contribution is -0.283. The Kier molecular flexibility index (Phi) is 2.97. The molecule has 0 aromatic heterocycles. The number of hydrogen-bond donors (Lipinski definition) is 4. The van der Waals surface area contributed by atoms with Crippen LogP contribution in [0.1, 0.15) is 0 Å². The van der Waals surface area contributed by atoms with Gasteiger partial charge in [0.2, 0.25) is 0 Å². The zero-order valence-corrected chi connectivity index (χ0v) is 6.17. The highest BCUT2D eigenvalue weighted by molar-refractivity contribution is 4.88.